The summed E-state index contributed by atoms with van der Waals surface area (Å²) >= 11 is 1.53. The molecule has 5 nitrogen and oxygen atoms in total. The molecular formula is C23H21N3O2S. The number of hydrogen-bond acceptors (Lipinski definition) is 5. The van der Waals surface area contributed by atoms with Crippen LogP contribution in [0.2, 0.25) is 0 Å². The van der Waals surface area contributed by atoms with Crippen LogP contribution < -0.4 is 10.3 Å². The summed E-state index contributed by atoms with van der Waals surface area (Å²) in [6.07, 6.45) is 4.10. The van der Waals surface area contributed by atoms with Gasteiger partial charge in [-0.05, 0) is 48.7 Å². The van der Waals surface area contributed by atoms with Crippen molar-refractivity contribution in [1.82, 2.24) is 9.66 Å². The fourth-order valence-electron chi connectivity index (χ4n) is 3.13. The molecule has 0 fully saturated rings. The highest BCUT2D eigenvalue weighted by Gasteiger charge is 2.16. The van der Waals surface area contributed by atoms with Gasteiger partial charge in [0, 0.05) is 10.4 Å². The molecule has 4 rings (SSSR count). The maximum absolute atomic E-state index is 13.1. The molecule has 0 saturated heterocycles. The normalized spacial score (nSPS) is 11.4. The topological polar surface area (TPSA) is 56.5 Å². The molecule has 2 heterocycles. The van der Waals surface area contributed by atoms with Gasteiger partial charge in [-0.15, -0.1) is 11.3 Å². The molecule has 0 amide bonds. The molecule has 0 saturated carbocycles. The molecular weight excluding hydrogens is 382 g/mol. The Hall–Kier alpha value is -3.25. The summed E-state index contributed by atoms with van der Waals surface area (Å²) in [4.78, 5) is 19.4. The molecule has 6 heteroatoms. The monoisotopic (exact) mass is 403 g/mol. The quantitative estimate of drug-likeness (QED) is 0.421. The molecule has 0 radical (unpaired) electrons. The average molecular weight is 404 g/mol. The van der Waals surface area contributed by atoms with Crippen molar-refractivity contribution in [3.63, 3.8) is 0 Å². The van der Waals surface area contributed by atoms with Crippen molar-refractivity contribution in [2.45, 2.75) is 20.3 Å². The van der Waals surface area contributed by atoms with Gasteiger partial charge in [0.05, 0.1) is 18.2 Å². The van der Waals surface area contributed by atoms with Crippen LogP contribution in [0.15, 0.2) is 70.8 Å². The molecule has 2 aromatic heterocycles. The Kier molecular flexibility index (Phi) is 5.53. The molecule has 0 spiro atoms. The number of fused-ring (bicyclic) bond motifs is 1. The number of aryl methyl sites for hydroxylation is 1. The summed E-state index contributed by atoms with van der Waals surface area (Å²) in [6, 6.07) is 17.6. The van der Waals surface area contributed by atoms with Crippen molar-refractivity contribution in [2.24, 2.45) is 5.10 Å². The average Bonchev–Trinajstić information content (AvgIpc) is 3.10. The Labute approximate surface area is 172 Å². The molecule has 4 aromatic rings. The van der Waals surface area contributed by atoms with E-state index >= 15 is 0 Å². The van der Waals surface area contributed by atoms with Gasteiger partial charge in [-0.2, -0.15) is 9.78 Å². The summed E-state index contributed by atoms with van der Waals surface area (Å²) in [5.74, 6) is 0.825. The molecule has 0 aliphatic carbocycles. The molecule has 2 aromatic carbocycles. The van der Waals surface area contributed by atoms with E-state index in [-0.39, 0.29) is 5.56 Å². The van der Waals surface area contributed by atoms with E-state index in [1.165, 1.54) is 22.3 Å². The number of aromatic nitrogens is 2. The Bertz CT molecular complexity index is 1210. The number of thiophene rings is 1. The summed E-state index contributed by atoms with van der Waals surface area (Å²) < 4.78 is 6.88. The lowest BCUT2D eigenvalue weighted by molar-refractivity contribution is 0.317. The van der Waals surface area contributed by atoms with E-state index in [0.717, 1.165) is 38.6 Å². The number of hydrogen-bond donors (Lipinski definition) is 0. The summed E-state index contributed by atoms with van der Waals surface area (Å²) in [5, 5.41) is 4.96. The van der Waals surface area contributed by atoms with Crippen LogP contribution in [-0.2, 0) is 0 Å². The third-order valence-corrected chi connectivity index (χ3v) is 5.53. The van der Waals surface area contributed by atoms with Gasteiger partial charge in [-0.1, -0.05) is 37.3 Å². The third-order valence-electron chi connectivity index (χ3n) is 4.52. The Morgan fingerprint density at radius 2 is 1.90 bits per heavy atom. The van der Waals surface area contributed by atoms with Crippen LogP contribution in [0, 0.1) is 6.92 Å². The van der Waals surface area contributed by atoms with Gasteiger partial charge < -0.3 is 4.74 Å². The highest BCUT2D eigenvalue weighted by atomic mass is 32.1. The zero-order valence-corrected chi connectivity index (χ0v) is 17.1. The van der Waals surface area contributed by atoms with E-state index in [0.29, 0.717) is 12.0 Å². The van der Waals surface area contributed by atoms with Crippen molar-refractivity contribution >= 4 is 27.8 Å². The zero-order valence-electron chi connectivity index (χ0n) is 16.3. The summed E-state index contributed by atoms with van der Waals surface area (Å²) in [7, 11) is 0. The van der Waals surface area contributed by atoms with Crippen LogP contribution in [0.25, 0.3) is 21.3 Å². The SMILES string of the molecule is CCCOc1ccc(/C=N\n2cnc3sc(C)c(-c4ccccc4)c3c2=O)cc1. The molecule has 0 unspecified atom stereocenters. The molecule has 0 aliphatic heterocycles. The van der Waals surface area contributed by atoms with Crippen molar-refractivity contribution < 1.29 is 4.74 Å². The number of ether oxygens (including phenoxy) is 1. The minimum Gasteiger partial charge on any atom is -0.494 e. The van der Waals surface area contributed by atoms with Crippen LogP contribution in [0.4, 0.5) is 0 Å². The Morgan fingerprint density at radius 3 is 2.62 bits per heavy atom. The summed E-state index contributed by atoms with van der Waals surface area (Å²) in [5.41, 5.74) is 2.66. The fourth-order valence-corrected chi connectivity index (χ4v) is 4.13. The van der Waals surface area contributed by atoms with Crippen LogP contribution in [0.5, 0.6) is 5.75 Å². The van der Waals surface area contributed by atoms with Crippen molar-refractivity contribution in [3.05, 3.63) is 81.7 Å². The lowest BCUT2D eigenvalue weighted by Crippen LogP contribution is -2.16. The van der Waals surface area contributed by atoms with Gasteiger partial charge in [0.25, 0.3) is 5.56 Å². The van der Waals surface area contributed by atoms with E-state index in [4.69, 9.17) is 4.74 Å². The van der Waals surface area contributed by atoms with Gasteiger partial charge in [0.15, 0.2) is 0 Å². The second-order valence-electron chi connectivity index (χ2n) is 6.64. The minimum atomic E-state index is -0.169. The largest absolute Gasteiger partial charge is 0.494 e. The molecule has 0 N–H and O–H groups in total. The maximum atomic E-state index is 13.1. The van der Waals surface area contributed by atoms with E-state index in [2.05, 4.69) is 17.0 Å². The van der Waals surface area contributed by atoms with Crippen LogP contribution >= 0.6 is 11.3 Å². The second-order valence-corrected chi connectivity index (χ2v) is 7.84. The maximum Gasteiger partial charge on any atom is 0.283 e. The first-order valence-corrected chi connectivity index (χ1v) is 10.3. The predicted molar refractivity (Wildman–Crippen MR) is 119 cm³/mol. The number of benzene rings is 2. The highest BCUT2D eigenvalue weighted by Crippen LogP contribution is 2.35. The van der Waals surface area contributed by atoms with E-state index in [9.17, 15) is 4.79 Å². The first-order chi connectivity index (χ1) is 14.2. The van der Waals surface area contributed by atoms with Gasteiger partial charge in [-0.25, -0.2) is 4.98 Å². The minimum absolute atomic E-state index is 0.169. The second kappa shape index (κ2) is 8.41. The highest BCUT2D eigenvalue weighted by molar-refractivity contribution is 7.19. The van der Waals surface area contributed by atoms with Crippen LogP contribution in [0.3, 0.4) is 0 Å². The molecule has 146 valence electrons. The lowest BCUT2D eigenvalue weighted by Gasteiger charge is -2.04. The molecule has 0 aliphatic rings. The number of rotatable bonds is 6. The van der Waals surface area contributed by atoms with Crippen molar-refractivity contribution in [2.75, 3.05) is 6.61 Å². The molecule has 0 atom stereocenters. The standard InChI is InChI=1S/C23H21N3O2S/c1-3-13-28-19-11-9-17(10-12-19)14-25-26-15-24-22-21(23(26)27)20(16(2)29-22)18-7-5-4-6-8-18/h4-12,14-15H,3,13H2,1-2H3/b25-14-. The Morgan fingerprint density at radius 1 is 1.14 bits per heavy atom. The fraction of sp³-hybridized carbons (Fsp3) is 0.174. The first kappa shape index (κ1) is 19.1. The van der Waals surface area contributed by atoms with E-state index < -0.39 is 0 Å². The van der Waals surface area contributed by atoms with E-state index in [1.807, 2.05) is 61.5 Å². The van der Waals surface area contributed by atoms with Gasteiger partial charge in [-0.3, -0.25) is 4.79 Å². The van der Waals surface area contributed by atoms with Gasteiger partial charge >= 0.3 is 0 Å². The zero-order chi connectivity index (χ0) is 20.2. The van der Waals surface area contributed by atoms with Gasteiger partial charge in [0.2, 0.25) is 0 Å². The summed E-state index contributed by atoms with van der Waals surface area (Å²) in [6.45, 7) is 4.78. The third kappa shape index (κ3) is 3.98. The Balaban J connectivity index is 1.69. The smallest absolute Gasteiger partial charge is 0.283 e. The van der Waals surface area contributed by atoms with Crippen LogP contribution in [-0.4, -0.2) is 22.5 Å². The van der Waals surface area contributed by atoms with Crippen LogP contribution in [0.1, 0.15) is 23.8 Å². The first-order valence-electron chi connectivity index (χ1n) is 9.50. The van der Waals surface area contributed by atoms with Crippen molar-refractivity contribution in [3.8, 4) is 16.9 Å². The van der Waals surface area contributed by atoms with Gasteiger partial charge in [0.1, 0.15) is 16.9 Å². The lowest BCUT2D eigenvalue weighted by atomic mass is 10.0. The number of nitrogens with zero attached hydrogens (tertiary/aromatic N) is 3. The van der Waals surface area contributed by atoms with E-state index in [1.54, 1.807) is 6.21 Å². The predicted octanol–water partition coefficient (Wildman–Crippen LogP) is 5.10. The van der Waals surface area contributed by atoms with Crippen molar-refractivity contribution in [1.29, 1.82) is 0 Å². The molecule has 29 heavy (non-hydrogen) atoms. The molecule has 0 bridgehead atoms.